The van der Waals surface area contributed by atoms with Gasteiger partial charge in [-0.05, 0) is 63.1 Å². The lowest BCUT2D eigenvalue weighted by atomic mass is 9.89. The fourth-order valence-corrected chi connectivity index (χ4v) is 4.05. The van der Waals surface area contributed by atoms with Gasteiger partial charge in [0.1, 0.15) is 5.75 Å². The quantitative estimate of drug-likeness (QED) is 0.710. The summed E-state index contributed by atoms with van der Waals surface area (Å²) < 4.78 is 5.60. The molecular weight excluding hydrogens is 316 g/mol. The summed E-state index contributed by atoms with van der Waals surface area (Å²) in [6, 6.07) is 8.61. The highest BCUT2D eigenvalue weighted by Crippen LogP contribution is 2.32. The molecule has 2 bridgehead atoms. The first-order valence-electron chi connectivity index (χ1n) is 9.47. The fraction of sp³-hybridized carbons (Fsp3) is 0.650. The Kier molecular flexibility index (Phi) is 5.97. The Morgan fingerprint density at radius 2 is 1.88 bits per heavy atom. The monoisotopic (exact) mass is 346 g/mol. The lowest BCUT2D eigenvalue weighted by Gasteiger charge is -2.28. The number of hydrogen-bond acceptors (Lipinski definition) is 4. The number of piperidine rings is 1. The van der Waals surface area contributed by atoms with Gasteiger partial charge in [-0.1, -0.05) is 12.1 Å². The number of rotatable bonds is 7. The van der Waals surface area contributed by atoms with Crippen LogP contribution in [0.3, 0.4) is 0 Å². The number of carbonyl (C=O) groups excluding carboxylic acids is 1. The molecule has 2 aliphatic heterocycles. The minimum atomic E-state index is -0.693. The maximum absolute atomic E-state index is 12.2. The van der Waals surface area contributed by atoms with Crippen LogP contribution >= 0.6 is 0 Å². The first kappa shape index (κ1) is 18.2. The van der Waals surface area contributed by atoms with E-state index in [1.54, 1.807) is 0 Å². The van der Waals surface area contributed by atoms with Crippen LogP contribution in [0.1, 0.15) is 57.6 Å². The van der Waals surface area contributed by atoms with Gasteiger partial charge in [0.05, 0.1) is 12.2 Å². The number of nitrogens with one attached hydrogen (secondary N) is 2. The van der Waals surface area contributed by atoms with Gasteiger partial charge in [0.25, 0.3) is 0 Å². The van der Waals surface area contributed by atoms with Crippen molar-refractivity contribution in [3.05, 3.63) is 29.8 Å². The van der Waals surface area contributed by atoms with E-state index >= 15 is 0 Å². The molecular formula is C20H30N2O3. The number of benzene rings is 1. The minimum absolute atomic E-state index is 0.0464. The number of aliphatic hydroxyl groups is 1. The Labute approximate surface area is 150 Å². The molecule has 0 aromatic heterocycles. The first-order chi connectivity index (χ1) is 12.0. The van der Waals surface area contributed by atoms with Gasteiger partial charge in [0.2, 0.25) is 5.91 Å². The van der Waals surface area contributed by atoms with Gasteiger partial charge in [-0.25, -0.2) is 0 Å². The smallest absolute Gasteiger partial charge is 0.220 e. The molecule has 2 heterocycles. The normalized spacial score (nSPS) is 26.5. The van der Waals surface area contributed by atoms with Crippen LogP contribution in [0, 0.1) is 5.92 Å². The van der Waals surface area contributed by atoms with E-state index in [4.69, 9.17) is 4.74 Å². The number of amides is 1. The number of ether oxygens (including phenoxy) is 1. The number of hydrogen-bond donors (Lipinski definition) is 3. The third-order valence-electron chi connectivity index (χ3n) is 5.17. The summed E-state index contributed by atoms with van der Waals surface area (Å²) in [5, 5.41) is 16.8. The molecule has 3 N–H and O–H groups in total. The van der Waals surface area contributed by atoms with Gasteiger partial charge in [0.15, 0.2) is 0 Å². The predicted octanol–water partition coefficient (Wildman–Crippen LogP) is 2.54. The third-order valence-corrected chi connectivity index (χ3v) is 5.17. The van der Waals surface area contributed by atoms with Crippen LogP contribution in [0.2, 0.25) is 0 Å². The molecule has 2 aliphatic rings. The Balaban J connectivity index is 1.42. The Bertz CT molecular complexity index is 561. The third kappa shape index (κ3) is 5.19. The zero-order chi connectivity index (χ0) is 17.8. The van der Waals surface area contributed by atoms with Crippen LogP contribution in [0.5, 0.6) is 5.75 Å². The highest BCUT2D eigenvalue weighted by atomic mass is 16.5. The molecule has 0 aliphatic carbocycles. The topological polar surface area (TPSA) is 70.6 Å². The molecule has 138 valence electrons. The second-order valence-electron chi connectivity index (χ2n) is 7.73. The van der Waals surface area contributed by atoms with Crippen LogP contribution in [-0.2, 0) is 4.79 Å². The minimum Gasteiger partial charge on any atom is -0.491 e. The summed E-state index contributed by atoms with van der Waals surface area (Å²) >= 11 is 0. The molecule has 1 aromatic carbocycles. The van der Waals surface area contributed by atoms with Gasteiger partial charge in [-0.2, -0.15) is 0 Å². The van der Waals surface area contributed by atoms with E-state index in [-0.39, 0.29) is 18.6 Å². The Hall–Kier alpha value is -1.59. The summed E-state index contributed by atoms with van der Waals surface area (Å²) in [6.45, 7) is 4.21. The van der Waals surface area contributed by atoms with Crippen molar-refractivity contribution < 1.29 is 14.6 Å². The van der Waals surface area contributed by atoms with Crippen molar-refractivity contribution in [1.29, 1.82) is 0 Å². The highest BCUT2D eigenvalue weighted by Gasteiger charge is 2.34. The van der Waals surface area contributed by atoms with Crippen molar-refractivity contribution in [2.24, 2.45) is 5.92 Å². The molecule has 1 amide bonds. The van der Waals surface area contributed by atoms with Crippen molar-refractivity contribution in [2.75, 3.05) is 6.54 Å². The van der Waals surface area contributed by atoms with E-state index in [1.807, 2.05) is 38.1 Å². The van der Waals surface area contributed by atoms with Gasteiger partial charge in [0, 0.05) is 25.0 Å². The van der Waals surface area contributed by atoms with Gasteiger partial charge in [-0.3, -0.25) is 4.79 Å². The van der Waals surface area contributed by atoms with Crippen LogP contribution < -0.4 is 15.4 Å². The largest absolute Gasteiger partial charge is 0.491 e. The molecule has 0 saturated carbocycles. The van der Waals surface area contributed by atoms with E-state index in [1.165, 1.54) is 12.8 Å². The van der Waals surface area contributed by atoms with Gasteiger partial charge >= 0.3 is 0 Å². The van der Waals surface area contributed by atoms with Gasteiger partial charge < -0.3 is 20.5 Å². The van der Waals surface area contributed by atoms with Crippen molar-refractivity contribution in [3.8, 4) is 5.75 Å². The second kappa shape index (κ2) is 8.19. The van der Waals surface area contributed by atoms with E-state index in [0.717, 1.165) is 24.2 Å². The fourth-order valence-electron chi connectivity index (χ4n) is 4.05. The van der Waals surface area contributed by atoms with Crippen molar-refractivity contribution in [3.63, 3.8) is 0 Å². The predicted molar refractivity (Wildman–Crippen MR) is 97.5 cm³/mol. The van der Waals surface area contributed by atoms with Crippen molar-refractivity contribution in [2.45, 2.75) is 70.2 Å². The van der Waals surface area contributed by atoms with Crippen LogP contribution in [-0.4, -0.2) is 35.7 Å². The van der Waals surface area contributed by atoms with E-state index in [0.29, 0.717) is 24.4 Å². The van der Waals surface area contributed by atoms with Crippen molar-refractivity contribution in [1.82, 2.24) is 10.6 Å². The molecule has 0 spiro atoms. The Morgan fingerprint density at radius 1 is 1.24 bits per heavy atom. The molecule has 3 atom stereocenters. The number of carbonyl (C=O) groups is 1. The van der Waals surface area contributed by atoms with E-state index < -0.39 is 6.10 Å². The van der Waals surface area contributed by atoms with Gasteiger partial charge in [-0.15, -0.1) is 0 Å². The summed E-state index contributed by atoms with van der Waals surface area (Å²) in [5.74, 6) is 1.31. The van der Waals surface area contributed by atoms with Crippen molar-refractivity contribution >= 4 is 5.91 Å². The maximum Gasteiger partial charge on any atom is 0.220 e. The second-order valence-corrected chi connectivity index (χ2v) is 7.73. The molecule has 25 heavy (non-hydrogen) atoms. The average Bonchev–Trinajstić information content (AvgIpc) is 2.91. The lowest BCUT2D eigenvalue weighted by molar-refractivity contribution is -0.122. The molecule has 0 radical (unpaired) electrons. The lowest BCUT2D eigenvalue weighted by Crippen LogP contribution is -2.40. The zero-order valence-electron chi connectivity index (χ0n) is 15.2. The zero-order valence-corrected chi connectivity index (χ0v) is 15.2. The Morgan fingerprint density at radius 3 is 2.48 bits per heavy atom. The molecule has 3 rings (SSSR count). The van der Waals surface area contributed by atoms with Crippen LogP contribution in [0.15, 0.2) is 24.3 Å². The summed E-state index contributed by atoms with van der Waals surface area (Å²) in [4.78, 5) is 12.2. The molecule has 5 nitrogen and oxygen atoms in total. The average molecular weight is 346 g/mol. The molecule has 3 unspecified atom stereocenters. The number of aliphatic hydroxyl groups excluding tert-OH is 1. The molecule has 5 heteroatoms. The van der Waals surface area contributed by atoms with Crippen LogP contribution in [0.4, 0.5) is 0 Å². The first-order valence-corrected chi connectivity index (χ1v) is 9.47. The van der Waals surface area contributed by atoms with E-state index in [9.17, 15) is 9.90 Å². The summed E-state index contributed by atoms with van der Waals surface area (Å²) in [7, 11) is 0. The summed E-state index contributed by atoms with van der Waals surface area (Å²) in [6.07, 6.45) is 4.70. The standard InChI is InChI=1S/C20H30N2O3/c1-13(2)25-18-7-3-15(4-8-18)19(23)12-21-20(24)11-14-9-16-5-6-17(10-14)22-16/h3-4,7-8,13-14,16-17,19,22-23H,5-6,9-12H2,1-2H3,(H,21,24). The van der Waals surface area contributed by atoms with E-state index in [2.05, 4.69) is 10.6 Å². The highest BCUT2D eigenvalue weighted by molar-refractivity contribution is 5.76. The molecule has 1 aromatic rings. The van der Waals surface area contributed by atoms with Crippen LogP contribution in [0.25, 0.3) is 0 Å². The SMILES string of the molecule is CC(C)Oc1ccc(C(O)CNC(=O)CC2CC3CCC(C2)N3)cc1. The maximum atomic E-state index is 12.2. The summed E-state index contributed by atoms with van der Waals surface area (Å²) in [5.41, 5.74) is 0.788. The number of fused-ring (bicyclic) bond motifs is 2. The molecule has 2 saturated heterocycles. The molecule has 2 fully saturated rings.